The minimum atomic E-state index is 0.00407. The van der Waals surface area contributed by atoms with Gasteiger partial charge in [0.25, 0.3) is 0 Å². The van der Waals surface area contributed by atoms with Crippen molar-refractivity contribution in [3.63, 3.8) is 0 Å². The molecule has 0 aromatic heterocycles. The Balaban J connectivity index is 2.43. The van der Waals surface area contributed by atoms with Crippen LogP contribution in [0.2, 0.25) is 0 Å². The first-order chi connectivity index (χ1) is 5.38. The summed E-state index contributed by atoms with van der Waals surface area (Å²) in [7, 11) is 2.16. The zero-order valence-corrected chi connectivity index (χ0v) is 8.92. The van der Waals surface area contributed by atoms with E-state index in [-0.39, 0.29) is 5.60 Å². The fraction of sp³-hybridized carbons (Fsp3) is 1.00. The quantitative estimate of drug-likeness (QED) is 0.596. The van der Waals surface area contributed by atoms with E-state index in [1.54, 1.807) is 0 Å². The molecule has 1 rings (SSSR count). The zero-order chi connectivity index (χ0) is 9.35. The molecule has 0 amide bonds. The standard InChI is InChI=1S/C10H21NO/c1-8-6-11(5)7-9(8)12-10(2,3)4/h8-9H,6-7H2,1-5H3/t8-,9-/m0/s1. The average Bonchev–Trinajstić information content (AvgIpc) is 2.06. The van der Waals surface area contributed by atoms with Crippen LogP contribution in [0.4, 0.5) is 0 Å². The van der Waals surface area contributed by atoms with E-state index in [9.17, 15) is 0 Å². The number of likely N-dealkylation sites (tertiary alicyclic amines) is 1. The highest BCUT2D eigenvalue weighted by atomic mass is 16.5. The molecular weight excluding hydrogens is 150 g/mol. The van der Waals surface area contributed by atoms with Gasteiger partial charge in [0.05, 0.1) is 11.7 Å². The van der Waals surface area contributed by atoms with Gasteiger partial charge in [-0.3, -0.25) is 0 Å². The van der Waals surface area contributed by atoms with Gasteiger partial charge in [0, 0.05) is 13.1 Å². The Morgan fingerprint density at radius 1 is 1.25 bits per heavy atom. The third-order valence-corrected chi connectivity index (χ3v) is 2.23. The van der Waals surface area contributed by atoms with Crippen molar-refractivity contribution in [2.45, 2.75) is 39.4 Å². The SMILES string of the molecule is C[C@H]1CN(C)C[C@@H]1OC(C)(C)C. The van der Waals surface area contributed by atoms with E-state index < -0.39 is 0 Å². The van der Waals surface area contributed by atoms with Crippen molar-refractivity contribution in [3.8, 4) is 0 Å². The second-order valence-electron chi connectivity index (χ2n) is 4.97. The van der Waals surface area contributed by atoms with Crippen molar-refractivity contribution in [2.75, 3.05) is 20.1 Å². The number of likely N-dealkylation sites (N-methyl/N-ethyl adjacent to an activating group) is 1. The van der Waals surface area contributed by atoms with Crippen LogP contribution in [0.25, 0.3) is 0 Å². The second-order valence-corrected chi connectivity index (χ2v) is 4.97. The predicted octanol–water partition coefficient (Wildman–Crippen LogP) is 1.75. The highest BCUT2D eigenvalue weighted by Crippen LogP contribution is 2.22. The Kier molecular flexibility index (Phi) is 2.79. The van der Waals surface area contributed by atoms with E-state index in [0.717, 1.165) is 6.54 Å². The second kappa shape index (κ2) is 3.35. The van der Waals surface area contributed by atoms with E-state index in [1.807, 2.05) is 0 Å². The lowest BCUT2D eigenvalue weighted by molar-refractivity contribution is -0.0675. The normalized spacial score (nSPS) is 32.8. The van der Waals surface area contributed by atoms with E-state index in [0.29, 0.717) is 12.0 Å². The average molecular weight is 171 g/mol. The molecule has 1 fully saturated rings. The monoisotopic (exact) mass is 171 g/mol. The lowest BCUT2D eigenvalue weighted by Crippen LogP contribution is -2.31. The van der Waals surface area contributed by atoms with Gasteiger partial charge in [-0.15, -0.1) is 0 Å². The van der Waals surface area contributed by atoms with Crippen LogP contribution in [0.3, 0.4) is 0 Å². The Hall–Kier alpha value is -0.0800. The Labute approximate surface area is 75.9 Å². The first-order valence-corrected chi connectivity index (χ1v) is 4.75. The van der Waals surface area contributed by atoms with Gasteiger partial charge in [-0.05, 0) is 33.7 Å². The molecule has 2 atom stereocenters. The molecule has 0 unspecified atom stereocenters. The largest absolute Gasteiger partial charge is 0.371 e. The maximum atomic E-state index is 5.94. The summed E-state index contributed by atoms with van der Waals surface area (Å²) in [4.78, 5) is 2.33. The molecule has 0 spiro atoms. The van der Waals surface area contributed by atoms with Crippen LogP contribution in [-0.2, 0) is 4.74 Å². The molecule has 1 aliphatic heterocycles. The minimum absolute atomic E-state index is 0.00407. The molecule has 1 aliphatic rings. The summed E-state index contributed by atoms with van der Waals surface area (Å²) >= 11 is 0. The summed E-state index contributed by atoms with van der Waals surface area (Å²) in [6.45, 7) is 10.9. The Morgan fingerprint density at radius 3 is 2.17 bits per heavy atom. The summed E-state index contributed by atoms with van der Waals surface area (Å²) in [6, 6.07) is 0. The fourth-order valence-electron chi connectivity index (χ4n) is 1.78. The predicted molar refractivity (Wildman–Crippen MR) is 51.3 cm³/mol. The molecule has 0 bridgehead atoms. The van der Waals surface area contributed by atoms with Crippen LogP contribution >= 0.6 is 0 Å². The number of hydrogen-bond acceptors (Lipinski definition) is 2. The first kappa shape index (κ1) is 10.0. The van der Waals surface area contributed by atoms with Gasteiger partial charge < -0.3 is 9.64 Å². The van der Waals surface area contributed by atoms with Crippen molar-refractivity contribution >= 4 is 0 Å². The maximum absolute atomic E-state index is 5.94. The summed E-state index contributed by atoms with van der Waals surface area (Å²) < 4.78 is 5.94. The van der Waals surface area contributed by atoms with Gasteiger partial charge >= 0.3 is 0 Å². The highest BCUT2D eigenvalue weighted by Gasteiger charge is 2.31. The molecule has 0 saturated carbocycles. The van der Waals surface area contributed by atoms with Crippen molar-refractivity contribution in [1.29, 1.82) is 0 Å². The van der Waals surface area contributed by atoms with Crippen LogP contribution in [0, 0.1) is 5.92 Å². The molecule has 0 aromatic rings. The smallest absolute Gasteiger partial charge is 0.0746 e. The van der Waals surface area contributed by atoms with Gasteiger partial charge in [0.2, 0.25) is 0 Å². The number of rotatable bonds is 1. The molecule has 0 aromatic carbocycles. The van der Waals surface area contributed by atoms with Crippen molar-refractivity contribution in [2.24, 2.45) is 5.92 Å². The maximum Gasteiger partial charge on any atom is 0.0746 e. The van der Waals surface area contributed by atoms with Crippen LogP contribution in [0.5, 0.6) is 0 Å². The highest BCUT2D eigenvalue weighted by molar-refractivity contribution is 4.82. The van der Waals surface area contributed by atoms with E-state index >= 15 is 0 Å². The van der Waals surface area contributed by atoms with Crippen LogP contribution < -0.4 is 0 Å². The van der Waals surface area contributed by atoms with E-state index in [4.69, 9.17) is 4.74 Å². The van der Waals surface area contributed by atoms with Crippen LogP contribution in [0.15, 0.2) is 0 Å². The van der Waals surface area contributed by atoms with Crippen molar-refractivity contribution in [1.82, 2.24) is 4.90 Å². The molecule has 0 radical (unpaired) electrons. The molecule has 12 heavy (non-hydrogen) atoms. The minimum Gasteiger partial charge on any atom is -0.371 e. The van der Waals surface area contributed by atoms with E-state index in [1.165, 1.54) is 6.54 Å². The van der Waals surface area contributed by atoms with Gasteiger partial charge in [-0.25, -0.2) is 0 Å². The molecule has 2 heteroatoms. The van der Waals surface area contributed by atoms with Gasteiger partial charge in [-0.2, -0.15) is 0 Å². The zero-order valence-electron chi connectivity index (χ0n) is 8.92. The van der Waals surface area contributed by atoms with E-state index in [2.05, 4.69) is 39.6 Å². The van der Waals surface area contributed by atoms with Gasteiger partial charge in [0.1, 0.15) is 0 Å². The molecule has 2 nitrogen and oxygen atoms in total. The lowest BCUT2D eigenvalue weighted by Gasteiger charge is -2.26. The van der Waals surface area contributed by atoms with Gasteiger partial charge in [-0.1, -0.05) is 6.92 Å². The molecule has 0 aliphatic carbocycles. The Bertz CT molecular complexity index is 150. The topological polar surface area (TPSA) is 12.5 Å². The number of ether oxygens (including phenoxy) is 1. The molecule has 0 N–H and O–H groups in total. The molecule has 1 heterocycles. The number of nitrogens with zero attached hydrogens (tertiary/aromatic N) is 1. The summed E-state index contributed by atoms with van der Waals surface area (Å²) in [6.07, 6.45) is 0.426. The third-order valence-electron chi connectivity index (χ3n) is 2.23. The molecule has 72 valence electrons. The Morgan fingerprint density at radius 2 is 1.83 bits per heavy atom. The number of hydrogen-bond donors (Lipinski definition) is 0. The van der Waals surface area contributed by atoms with Crippen molar-refractivity contribution < 1.29 is 4.74 Å². The van der Waals surface area contributed by atoms with Crippen LogP contribution in [-0.4, -0.2) is 36.7 Å². The lowest BCUT2D eigenvalue weighted by atomic mass is 10.1. The third kappa shape index (κ3) is 2.76. The van der Waals surface area contributed by atoms with Crippen LogP contribution in [0.1, 0.15) is 27.7 Å². The molecule has 1 saturated heterocycles. The summed E-state index contributed by atoms with van der Waals surface area (Å²) in [5, 5.41) is 0. The molecular formula is C10H21NO. The van der Waals surface area contributed by atoms with Gasteiger partial charge in [0.15, 0.2) is 0 Å². The first-order valence-electron chi connectivity index (χ1n) is 4.75. The summed E-state index contributed by atoms with van der Waals surface area (Å²) in [5.41, 5.74) is 0.00407. The fourth-order valence-corrected chi connectivity index (χ4v) is 1.78. The van der Waals surface area contributed by atoms with Crippen molar-refractivity contribution in [3.05, 3.63) is 0 Å². The summed E-state index contributed by atoms with van der Waals surface area (Å²) in [5.74, 6) is 0.675.